The van der Waals surface area contributed by atoms with Crippen molar-refractivity contribution >= 4 is 0 Å². The Labute approximate surface area is 265 Å². The lowest BCUT2D eigenvalue weighted by molar-refractivity contribution is 0.413. The van der Waals surface area contributed by atoms with Crippen LogP contribution in [0.3, 0.4) is 0 Å². The van der Waals surface area contributed by atoms with Gasteiger partial charge in [-0.2, -0.15) is 0 Å². The average molecular weight is 587 g/mol. The Kier molecular flexibility index (Phi) is 8.64. The zero-order chi connectivity index (χ0) is 30.9. The summed E-state index contributed by atoms with van der Waals surface area (Å²) in [5.41, 5.74) is 9.44. The highest BCUT2D eigenvalue weighted by atomic mass is 16.3. The van der Waals surface area contributed by atoms with Crippen molar-refractivity contribution in [2.45, 2.75) is 115 Å². The van der Waals surface area contributed by atoms with E-state index in [1.54, 1.807) is 0 Å². The van der Waals surface area contributed by atoms with E-state index in [2.05, 4.69) is 100 Å². The van der Waals surface area contributed by atoms with Crippen molar-refractivity contribution in [3.63, 3.8) is 0 Å². The van der Waals surface area contributed by atoms with Crippen LogP contribution in [0.25, 0.3) is 11.1 Å². The number of hydrogen-bond donors (Lipinski definition) is 2. The number of rotatable bonds is 7. The van der Waals surface area contributed by atoms with Gasteiger partial charge in [0.1, 0.15) is 11.5 Å². The van der Waals surface area contributed by atoms with Crippen LogP contribution >= 0.6 is 0 Å². The summed E-state index contributed by atoms with van der Waals surface area (Å²) >= 11 is 0. The molecule has 0 saturated heterocycles. The normalized spacial score (nSPS) is 17.1. The van der Waals surface area contributed by atoms with Gasteiger partial charge in [0.2, 0.25) is 0 Å². The third kappa shape index (κ3) is 6.06. The van der Waals surface area contributed by atoms with Crippen LogP contribution in [0, 0.1) is 0 Å². The molecule has 0 amide bonds. The van der Waals surface area contributed by atoms with Crippen molar-refractivity contribution in [2.24, 2.45) is 0 Å². The highest BCUT2D eigenvalue weighted by Gasteiger charge is 2.28. The molecule has 0 atom stereocenters. The lowest BCUT2D eigenvalue weighted by Gasteiger charge is -2.29. The second kappa shape index (κ2) is 12.5. The Morgan fingerprint density at radius 2 is 0.750 bits per heavy atom. The van der Waals surface area contributed by atoms with Crippen LogP contribution in [0.15, 0.2) is 84.9 Å². The first-order valence-electron chi connectivity index (χ1n) is 17.0. The molecule has 2 heteroatoms. The molecule has 6 rings (SSSR count). The van der Waals surface area contributed by atoms with E-state index in [9.17, 15) is 10.2 Å². The SMILES string of the molecule is CC(C)(c1ccc(-c2ccc(C(C)(C)c3ccc(O)c(C4CCCCC4)c3)cc2)cc1)c1ccc(O)c(C2CCCCC2)c1. The molecule has 4 aromatic carbocycles. The smallest absolute Gasteiger partial charge is 0.119 e. The molecule has 0 aromatic heterocycles. The van der Waals surface area contributed by atoms with E-state index >= 15 is 0 Å². The van der Waals surface area contributed by atoms with Crippen LogP contribution in [0.1, 0.15) is 137 Å². The van der Waals surface area contributed by atoms with Crippen molar-refractivity contribution in [3.8, 4) is 22.6 Å². The Morgan fingerprint density at radius 1 is 0.432 bits per heavy atom. The molecule has 2 N–H and O–H groups in total. The molecule has 2 fully saturated rings. The molecule has 0 aliphatic heterocycles. The van der Waals surface area contributed by atoms with Crippen LogP contribution in [0.4, 0.5) is 0 Å². The summed E-state index contributed by atoms with van der Waals surface area (Å²) in [4.78, 5) is 0. The van der Waals surface area contributed by atoms with Crippen molar-refractivity contribution in [2.75, 3.05) is 0 Å². The molecule has 2 saturated carbocycles. The summed E-state index contributed by atoms with van der Waals surface area (Å²) < 4.78 is 0. The maximum Gasteiger partial charge on any atom is 0.119 e. The van der Waals surface area contributed by atoms with Crippen LogP contribution < -0.4 is 0 Å². The molecule has 0 heterocycles. The monoisotopic (exact) mass is 586 g/mol. The molecule has 2 aliphatic rings. The first kappa shape index (κ1) is 30.5. The van der Waals surface area contributed by atoms with E-state index in [1.807, 2.05) is 12.1 Å². The summed E-state index contributed by atoms with van der Waals surface area (Å²) in [6.07, 6.45) is 12.4. The highest BCUT2D eigenvalue weighted by Crippen LogP contribution is 2.43. The van der Waals surface area contributed by atoms with Crippen molar-refractivity contribution < 1.29 is 10.2 Å². The van der Waals surface area contributed by atoms with E-state index in [0.29, 0.717) is 23.3 Å². The zero-order valence-electron chi connectivity index (χ0n) is 27.2. The first-order valence-corrected chi connectivity index (χ1v) is 17.0. The van der Waals surface area contributed by atoms with Crippen molar-refractivity contribution in [3.05, 3.63) is 118 Å². The molecular weight excluding hydrogens is 536 g/mol. The van der Waals surface area contributed by atoms with Gasteiger partial charge in [0, 0.05) is 10.8 Å². The summed E-state index contributed by atoms with van der Waals surface area (Å²) in [5.74, 6) is 1.85. The zero-order valence-corrected chi connectivity index (χ0v) is 27.2. The van der Waals surface area contributed by atoms with Gasteiger partial charge in [0.25, 0.3) is 0 Å². The fraction of sp³-hybridized carbons (Fsp3) is 0.429. The molecule has 0 spiro atoms. The number of phenolic OH excluding ortho intramolecular Hbond substituents is 2. The number of aromatic hydroxyl groups is 2. The van der Waals surface area contributed by atoms with Crippen LogP contribution in [0.5, 0.6) is 11.5 Å². The molecular formula is C42H50O2. The lowest BCUT2D eigenvalue weighted by Crippen LogP contribution is -2.20. The predicted molar refractivity (Wildman–Crippen MR) is 184 cm³/mol. The largest absolute Gasteiger partial charge is 0.508 e. The highest BCUT2D eigenvalue weighted by molar-refractivity contribution is 5.65. The Hall–Kier alpha value is -3.52. The van der Waals surface area contributed by atoms with E-state index in [-0.39, 0.29) is 10.8 Å². The quantitative estimate of drug-likeness (QED) is 0.226. The Balaban J connectivity index is 1.20. The Bertz CT molecular complexity index is 1440. The number of hydrogen-bond acceptors (Lipinski definition) is 2. The topological polar surface area (TPSA) is 40.5 Å². The maximum absolute atomic E-state index is 10.7. The van der Waals surface area contributed by atoms with Crippen molar-refractivity contribution in [1.29, 1.82) is 0 Å². The standard InChI is InChI=1S/C42H50O2/c1-41(2,35-23-25-39(43)37(27-35)31-11-7-5-8-12-31)33-19-15-29(16-20-33)30-17-21-34(22-18-30)42(3,4)36-24-26-40(44)38(28-36)32-13-9-6-10-14-32/h15-28,31-32,43-44H,5-14H2,1-4H3. The molecule has 0 unspecified atom stereocenters. The van der Waals surface area contributed by atoms with Gasteiger partial charge in [-0.1, -0.05) is 139 Å². The van der Waals surface area contributed by atoms with Gasteiger partial charge in [0.15, 0.2) is 0 Å². The maximum atomic E-state index is 10.7. The summed E-state index contributed by atoms with van der Waals surface area (Å²) in [5, 5.41) is 21.4. The molecule has 230 valence electrons. The summed E-state index contributed by atoms with van der Waals surface area (Å²) in [7, 11) is 0. The van der Waals surface area contributed by atoms with E-state index in [0.717, 1.165) is 11.1 Å². The van der Waals surface area contributed by atoms with Gasteiger partial charge < -0.3 is 10.2 Å². The van der Waals surface area contributed by atoms with Gasteiger partial charge in [-0.05, 0) is 94.2 Å². The lowest BCUT2D eigenvalue weighted by atomic mass is 9.75. The van der Waals surface area contributed by atoms with Crippen LogP contribution in [-0.2, 0) is 10.8 Å². The summed E-state index contributed by atoms with van der Waals surface area (Å²) in [6, 6.07) is 30.6. The second-order valence-electron chi connectivity index (χ2n) is 14.6. The molecule has 2 nitrogen and oxygen atoms in total. The van der Waals surface area contributed by atoms with E-state index in [4.69, 9.17) is 0 Å². The average Bonchev–Trinajstić information content (AvgIpc) is 3.06. The molecule has 0 radical (unpaired) electrons. The third-order valence-corrected chi connectivity index (χ3v) is 11.1. The molecule has 4 aromatic rings. The molecule has 0 bridgehead atoms. The van der Waals surface area contributed by atoms with Gasteiger partial charge in [0.05, 0.1) is 0 Å². The van der Waals surface area contributed by atoms with Gasteiger partial charge in [-0.15, -0.1) is 0 Å². The third-order valence-electron chi connectivity index (χ3n) is 11.1. The van der Waals surface area contributed by atoms with Gasteiger partial charge >= 0.3 is 0 Å². The van der Waals surface area contributed by atoms with E-state index < -0.39 is 0 Å². The van der Waals surface area contributed by atoms with Crippen molar-refractivity contribution in [1.82, 2.24) is 0 Å². The fourth-order valence-electron chi connectivity index (χ4n) is 7.86. The molecule has 2 aliphatic carbocycles. The van der Waals surface area contributed by atoms with Gasteiger partial charge in [-0.25, -0.2) is 0 Å². The number of phenols is 2. The van der Waals surface area contributed by atoms with E-state index in [1.165, 1.54) is 97.6 Å². The number of benzene rings is 4. The minimum Gasteiger partial charge on any atom is -0.508 e. The molecule has 44 heavy (non-hydrogen) atoms. The second-order valence-corrected chi connectivity index (χ2v) is 14.6. The van der Waals surface area contributed by atoms with Crippen LogP contribution in [-0.4, -0.2) is 10.2 Å². The first-order chi connectivity index (χ1) is 21.1. The van der Waals surface area contributed by atoms with Crippen LogP contribution in [0.2, 0.25) is 0 Å². The minimum absolute atomic E-state index is 0.163. The minimum atomic E-state index is -0.163. The van der Waals surface area contributed by atoms with Gasteiger partial charge in [-0.3, -0.25) is 0 Å². The summed E-state index contributed by atoms with van der Waals surface area (Å²) in [6.45, 7) is 9.16. The predicted octanol–water partition coefficient (Wildman–Crippen LogP) is 11.5. The fourth-order valence-corrected chi connectivity index (χ4v) is 7.86. The Morgan fingerprint density at radius 3 is 1.09 bits per heavy atom.